The van der Waals surface area contributed by atoms with E-state index in [2.05, 4.69) is 55.4 Å². The molecule has 186 valence electrons. The predicted octanol–water partition coefficient (Wildman–Crippen LogP) is 6.31. The summed E-state index contributed by atoms with van der Waals surface area (Å²) in [7, 11) is -0.764. The zero-order valence-corrected chi connectivity index (χ0v) is 24.1. The van der Waals surface area contributed by atoms with Crippen LogP contribution in [-0.2, 0) is 4.74 Å². The van der Waals surface area contributed by atoms with Crippen molar-refractivity contribution in [2.24, 2.45) is 11.8 Å². The largest absolute Gasteiger partial charge is 0.539 e. The Morgan fingerprint density at radius 3 is 1.64 bits per heavy atom. The highest BCUT2D eigenvalue weighted by Crippen LogP contribution is 2.49. The SMILES string of the molecule is COC(=O)c1c(F)c(OC)c(O[Si](C)C(C)(C)C(C)C)c(O[Si](C)C(C)(C)C(C)C)c1C=O. The minimum Gasteiger partial charge on any atom is -0.539 e. The first-order chi connectivity index (χ1) is 15.1. The third kappa shape index (κ3) is 5.79. The Kier molecular flexibility index (Phi) is 9.75. The van der Waals surface area contributed by atoms with Crippen molar-refractivity contribution in [3.05, 3.63) is 16.9 Å². The van der Waals surface area contributed by atoms with Crippen LogP contribution in [0.3, 0.4) is 0 Å². The van der Waals surface area contributed by atoms with E-state index in [1.165, 1.54) is 7.11 Å². The Labute approximate surface area is 201 Å². The van der Waals surface area contributed by atoms with E-state index in [0.717, 1.165) is 7.11 Å². The molecule has 9 heteroatoms. The van der Waals surface area contributed by atoms with Gasteiger partial charge in [0.2, 0.25) is 0 Å². The van der Waals surface area contributed by atoms with Crippen LogP contribution < -0.4 is 13.6 Å². The molecule has 0 fully saturated rings. The molecule has 1 aromatic carbocycles. The molecule has 1 aromatic rings. The van der Waals surface area contributed by atoms with Crippen molar-refractivity contribution in [1.29, 1.82) is 0 Å². The van der Waals surface area contributed by atoms with Gasteiger partial charge in [0.25, 0.3) is 18.1 Å². The fourth-order valence-corrected chi connectivity index (χ4v) is 6.00. The number of halogens is 1. The quantitative estimate of drug-likeness (QED) is 0.202. The number of hydrogen-bond acceptors (Lipinski definition) is 6. The van der Waals surface area contributed by atoms with Crippen LogP contribution in [0.5, 0.6) is 17.2 Å². The van der Waals surface area contributed by atoms with Gasteiger partial charge < -0.3 is 18.3 Å². The third-order valence-corrected chi connectivity index (χ3v) is 13.1. The van der Waals surface area contributed by atoms with Crippen molar-refractivity contribution in [3.63, 3.8) is 0 Å². The molecule has 0 aliphatic carbocycles. The van der Waals surface area contributed by atoms with E-state index in [1.54, 1.807) is 0 Å². The summed E-state index contributed by atoms with van der Waals surface area (Å²) in [6, 6.07) is 0. The maximum absolute atomic E-state index is 15.5. The first-order valence-corrected chi connectivity index (χ1v) is 14.9. The number of hydrogen-bond donors (Lipinski definition) is 0. The number of methoxy groups -OCH3 is 2. The van der Waals surface area contributed by atoms with Gasteiger partial charge in [-0.1, -0.05) is 55.4 Å². The lowest BCUT2D eigenvalue weighted by molar-refractivity contribution is 0.0591. The van der Waals surface area contributed by atoms with Crippen LogP contribution in [0.2, 0.25) is 23.2 Å². The summed E-state index contributed by atoms with van der Waals surface area (Å²) in [5.41, 5.74) is -0.743. The maximum atomic E-state index is 15.5. The molecule has 0 saturated carbocycles. The number of aldehydes is 1. The summed E-state index contributed by atoms with van der Waals surface area (Å²) in [6.07, 6.45) is 0.421. The molecule has 0 saturated heterocycles. The zero-order chi connectivity index (χ0) is 25.9. The second-order valence-corrected chi connectivity index (χ2v) is 15.2. The van der Waals surface area contributed by atoms with E-state index in [-0.39, 0.29) is 38.8 Å². The highest BCUT2D eigenvalue weighted by atomic mass is 28.3. The van der Waals surface area contributed by atoms with E-state index in [0.29, 0.717) is 12.2 Å². The monoisotopic (exact) mass is 498 g/mol. The lowest BCUT2D eigenvalue weighted by Crippen LogP contribution is -2.37. The molecule has 0 heterocycles. The van der Waals surface area contributed by atoms with Gasteiger partial charge in [0.1, 0.15) is 5.56 Å². The van der Waals surface area contributed by atoms with Gasteiger partial charge in [-0.05, 0) is 35.0 Å². The van der Waals surface area contributed by atoms with E-state index in [1.807, 2.05) is 13.1 Å². The maximum Gasteiger partial charge on any atom is 0.341 e. The van der Waals surface area contributed by atoms with Crippen molar-refractivity contribution in [1.82, 2.24) is 0 Å². The molecule has 0 aliphatic heterocycles. The standard InChI is InChI=1S/C24H39FO6Si2/c1-14(2)23(5,6)32(11)30-19-16(13-26)17(22(27)29-10)18(25)20(28-9)21(19)31-33(12)24(7,8)15(3)4/h13-15H,1-12H3. The Morgan fingerprint density at radius 2 is 1.30 bits per heavy atom. The van der Waals surface area contributed by atoms with Gasteiger partial charge in [0, 0.05) is 0 Å². The van der Waals surface area contributed by atoms with Gasteiger partial charge >= 0.3 is 5.97 Å². The molecule has 0 unspecified atom stereocenters. The molecule has 0 amide bonds. The van der Waals surface area contributed by atoms with Gasteiger partial charge in [0.15, 0.2) is 29.4 Å². The lowest BCUT2D eigenvalue weighted by atomic mass is 9.99. The number of rotatable bonds is 11. The van der Waals surface area contributed by atoms with Gasteiger partial charge in [-0.2, -0.15) is 0 Å². The van der Waals surface area contributed by atoms with Crippen LogP contribution in [0, 0.1) is 17.7 Å². The molecular formula is C24H39FO6Si2. The molecule has 1 rings (SSSR count). The van der Waals surface area contributed by atoms with Crippen LogP contribution in [0.15, 0.2) is 0 Å². The molecule has 0 atom stereocenters. The fraction of sp³-hybridized carbons (Fsp3) is 0.667. The summed E-state index contributed by atoms with van der Waals surface area (Å²) in [5.74, 6) is -1.61. The van der Waals surface area contributed by atoms with Crippen molar-refractivity contribution in [3.8, 4) is 17.2 Å². The molecule has 33 heavy (non-hydrogen) atoms. The molecule has 0 bridgehead atoms. The Morgan fingerprint density at radius 1 is 0.879 bits per heavy atom. The van der Waals surface area contributed by atoms with E-state index >= 15 is 4.39 Å². The molecule has 6 nitrogen and oxygen atoms in total. The number of ether oxygens (including phenoxy) is 2. The van der Waals surface area contributed by atoms with Crippen LogP contribution >= 0.6 is 0 Å². The summed E-state index contributed by atoms with van der Waals surface area (Å²) in [6.45, 7) is 20.7. The Balaban J connectivity index is 3.92. The van der Waals surface area contributed by atoms with Crippen molar-refractivity contribution >= 4 is 30.3 Å². The highest BCUT2D eigenvalue weighted by Gasteiger charge is 2.41. The number of esters is 1. The first-order valence-electron chi connectivity index (χ1n) is 11.1. The van der Waals surface area contributed by atoms with Crippen molar-refractivity contribution in [2.75, 3.05) is 14.2 Å². The molecular weight excluding hydrogens is 459 g/mol. The summed E-state index contributed by atoms with van der Waals surface area (Å²) < 4.78 is 38.4. The van der Waals surface area contributed by atoms with E-state index in [9.17, 15) is 9.59 Å². The van der Waals surface area contributed by atoms with Gasteiger partial charge in [-0.3, -0.25) is 4.79 Å². The first kappa shape index (κ1) is 29.2. The molecule has 0 aromatic heterocycles. The summed E-state index contributed by atoms with van der Waals surface area (Å²) >= 11 is 0. The number of carbonyl (C=O) groups is 2. The van der Waals surface area contributed by atoms with Crippen molar-refractivity contribution < 1.29 is 32.3 Å². The van der Waals surface area contributed by atoms with Crippen molar-refractivity contribution in [2.45, 2.75) is 78.6 Å². The average molecular weight is 499 g/mol. The average Bonchev–Trinajstić information content (AvgIpc) is 2.73. The minimum atomic E-state index is -1.60. The van der Waals surface area contributed by atoms with Crippen LogP contribution in [0.25, 0.3) is 0 Å². The second kappa shape index (κ2) is 11.0. The Hall–Kier alpha value is -1.88. The third-order valence-electron chi connectivity index (χ3n) is 7.27. The van der Waals surface area contributed by atoms with Gasteiger partial charge in [-0.25, -0.2) is 9.18 Å². The zero-order valence-electron chi connectivity index (χ0n) is 22.1. The highest BCUT2D eigenvalue weighted by molar-refractivity contribution is 6.56. The van der Waals surface area contributed by atoms with Crippen LogP contribution in [0.1, 0.15) is 76.1 Å². The second-order valence-electron chi connectivity index (χ2n) is 9.97. The minimum absolute atomic E-state index is 0.0266. The summed E-state index contributed by atoms with van der Waals surface area (Å²) in [5, 5.41) is -0.394. The lowest BCUT2D eigenvalue weighted by Gasteiger charge is -2.36. The Bertz CT molecular complexity index is 867. The van der Waals surface area contributed by atoms with E-state index in [4.69, 9.17) is 18.3 Å². The molecule has 0 aliphatic rings. The van der Waals surface area contributed by atoms with Gasteiger partial charge in [0.05, 0.1) is 19.8 Å². The summed E-state index contributed by atoms with van der Waals surface area (Å²) in [4.78, 5) is 24.6. The molecule has 2 radical (unpaired) electrons. The molecule has 0 N–H and O–H groups in total. The van der Waals surface area contributed by atoms with Crippen LogP contribution in [0.4, 0.5) is 4.39 Å². The van der Waals surface area contributed by atoms with Gasteiger partial charge in [-0.15, -0.1) is 0 Å². The van der Waals surface area contributed by atoms with Crippen LogP contribution in [-0.4, -0.2) is 44.6 Å². The normalized spacial score (nSPS) is 12.5. The predicted molar refractivity (Wildman–Crippen MR) is 132 cm³/mol. The molecule has 0 spiro atoms. The van der Waals surface area contributed by atoms with E-state index < -0.39 is 35.4 Å². The number of carbonyl (C=O) groups excluding carboxylic acids is 2. The smallest absolute Gasteiger partial charge is 0.341 e. The topological polar surface area (TPSA) is 71.1 Å². The fourth-order valence-electron chi connectivity index (χ4n) is 2.84. The number of benzene rings is 1.